The second-order valence-electron chi connectivity index (χ2n) is 6.89. The fourth-order valence-electron chi connectivity index (χ4n) is 3.31. The summed E-state index contributed by atoms with van der Waals surface area (Å²) in [4.78, 5) is 14.4. The zero-order valence-corrected chi connectivity index (χ0v) is 13.8. The third-order valence-corrected chi connectivity index (χ3v) is 4.53. The number of nitrogens with two attached hydrogens (primary N) is 1. The number of methoxy groups -OCH3 is 1. The molecule has 0 heterocycles. The van der Waals surface area contributed by atoms with Crippen LogP contribution in [0.1, 0.15) is 53.4 Å². The summed E-state index contributed by atoms with van der Waals surface area (Å²) in [5.74, 6) is 0.674. The predicted octanol–water partition coefficient (Wildman–Crippen LogP) is 2.41. The first-order valence-electron chi connectivity index (χ1n) is 7.92. The van der Waals surface area contributed by atoms with Crippen LogP contribution in [0.2, 0.25) is 0 Å². The van der Waals surface area contributed by atoms with Crippen molar-refractivity contribution >= 4 is 5.97 Å². The molecule has 118 valence electrons. The fraction of sp³-hybridized carbons (Fsp3) is 0.938. The fourth-order valence-corrected chi connectivity index (χ4v) is 3.31. The molecule has 1 aliphatic rings. The molecule has 0 amide bonds. The average Bonchev–Trinajstić information content (AvgIpc) is 2.75. The predicted molar refractivity (Wildman–Crippen MR) is 82.4 cm³/mol. The van der Waals surface area contributed by atoms with E-state index in [1.807, 2.05) is 0 Å². The summed E-state index contributed by atoms with van der Waals surface area (Å²) in [6, 6.07) is 0.532. The zero-order chi connectivity index (χ0) is 15.3. The Morgan fingerprint density at radius 3 is 2.55 bits per heavy atom. The molecule has 0 aliphatic heterocycles. The van der Waals surface area contributed by atoms with Crippen molar-refractivity contribution < 1.29 is 9.53 Å². The van der Waals surface area contributed by atoms with Gasteiger partial charge in [-0.1, -0.05) is 20.3 Å². The molecule has 1 aliphatic carbocycles. The molecular weight excluding hydrogens is 252 g/mol. The third kappa shape index (κ3) is 4.19. The maximum atomic E-state index is 11.9. The van der Waals surface area contributed by atoms with Crippen molar-refractivity contribution in [3.63, 3.8) is 0 Å². The molecule has 0 saturated heterocycles. The minimum absolute atomic E-state index is 0.236. The number of nitrogens with zero attached hydrogens (tertiary/aromatic N) is 1. The van der Waals surface area contributed by atoms with E-state index in [4.69, 9.17) is 10.5 Å². The Morgan fingerprint density at radius 2 is 2.05 bits per heavy atom. The molecule has 4 heteroatoms. The van der Waals surface area contributed by atoms with Crippen LogP contribution in [0.4, 0.5) is 0 Å². The van der Waals surface area contributed by atoms with E-state index in [0.717, 1.165) is 38.8 Å². The molecule has 0 spiro atoms. The maximum absolute atomic E-state index is 11.9. The normalized spacial score (nSPS) is 26.8. The van der Waals surface area contributed by atoms with Crippen LogP contribution in [0, 0.1) is 11.8 Å². The Labute approximate surface area is 124 Å². The van der Waals surface area contributed by atoms with Gasteiger partial charge in [-0.2, -0.15) is 0 Å². The van der Waals surface area contributed by atoms with Gasteiger partial charge in [0.25, 0.3) is 0 Å². The van der Waals surface area contributed by atoms with Crippen molar-refractivity contribution in [1.29, 1.82) is 0 Å². The van der Waals surface area contributed by atoms with Crippen LogP contribution >= 0.6 is 0 Å². The number of esters is 1. The first-order valence-corrected chi connectivity index (χ1v) is 7.92. The summed E-state index contributed by atoms with van der Waals surface area (Å²) in [6.07, 6.45) is 3.81. The van der Waals surface area contributed by atoms with Crippen LogP contribution in [0.3, 0.4) is 0 Å². The third-order valence-electron chi connectivity index (χ3n) is 4.53. The highest BCUT2D eigenvalue weighted by molar-refractivity contribution is 5.81. The molecule has 0 bridgehead atoms. The molecule has 0 aromatic heterocycles. The quantitative estimate of drug-likeness (QED) is 0.729. The van der Waals surface area contributed by atoms with Crippen molar-refractivity contribution in [3.05, 3.63) is 0 Å². The number of rotatable bonds is 7. The minimum atomic E-state index is -0.755. The molecule has 0 aromatic rings. The van der Waals surface area contributed by atoms with Gasteiger partial charge in [0, 0.05) is 12.6 Å². The van der Waals surface area contributed by atoms with Crippen LogP contribution in [-0.2, 0) is 9.53 Å². The van der Waals surface area contributed by atoms with E-state index in [1.54, 1.807) is 0 Å². The van der Waals surface area contributed by atoms with Crippen molar-refractivity contribution in [3.8, 4) is 0 Å². The van der Waals surface area contributed by atoms with Gasteiger partial charge in [-0.05, 0) is 51.5 Å². The second kappa shape index (κ2) is 7.41. The summed E-state index contributed by atoms with van der Waals surface area (Å²) in [5.41, 5.74) is 5.57. The van der Waals surface area contributed by atoms with Crippen LogP contribution in [0.5, 0.6) is 0 Å². The molecule has 0 radical (unpaired) electrons. The van der Waals surface area contributed by atoms with Gasteiger partial charge in [-0.25, -0.2) is 0 Å². The summed E-state index contributed by atoms with van der Waals surface area (Å²) in [6.45, 7) is 11.1. The lowest BCUT2D eigenvalue weighted by Crippen LogP contribution is -2.52. The molecule has 2 N–H and O–H groups in total. The van der Waals surface area contributed by atoms with Crippen molar-refractivity contribution in [1.82, 2.24) is 4.90 Å². The van der Waals surface area contributed by atoms with Crippen molar-refractivity contribution in [2.45, 2.75) is 65.0 Å². The van der Waals surface area contributed by atoms with Gasteiger partial charge >= 0.3 is 5.97 Å². The van der Waals surface area contributed by atoms with E-state index < -0.39 is 5.54 Å². The maximum Gasteiger partial charge on any atom is 0.326 e. The Balaban J connectivity index is 2.60. The van der Waals surface area contributed by atoms with E-state index in [0.29, 0.717) is 12.0 Å². The standard InChI is InChI=1S/C16H32N2O2/c1-12(2)11-18(13(3)4)10-8-14-7-6-9-16(14,17)15(19)20-5/h12-14H,6-11,17H2,1-5H3. The van der Waals surface area contributed by atoms with E-state index >= 15 is 0 Å². The van der Waals surface area contributed by atoms with Crippen molar-refractivity contribution in [2.75, 3.05) is 20.2 Å². The van der Waals surface area contributed by atoms with Crippen LogP contribution in [0.15, 0.2) is 0 Å². The molecule has 2 atom stereocenters. The van der Waals surface area contributed by atoms with Crippen LogP contribution < -0.4 is 5.73 Å². The van der Waals surface area contributed by atoms with Gasteiger partial charge in [0.15, 0.2) is 0 Å². The van der Waals surface area contributed by atoms with Gasteiger partial charge in [-0.3, -0.25) is 4.79 Å². The van der Waals surface area contributed by atoms with E-state index in [-0.39, 0.29) is 11.9 Å². The highest BCUT2D eigenvalue weighted by Crippen LogP contribution is 2.37. The lowest BCUT2D eigenvalue weighted by molar-refractivity contribution is -0.148. The summed E-state index contributed by atoms with van der Waals surface area (Å²) < 4.78 is 4.91. The summed E-state index contributed by atoms with van der Waals surface area (Å²) in [5, 5.41) is 0. The van der Waals surface area contributed by atoms with Gasteiger partial charge < -0.3 is 15.4 Å². The molecule has 20 heavy (non-hydrogen) atoms. The number of carbonyl (C=O) groups is 1. The summed E-state index contributed by atoms with van der Waals surface area (Å²) >= 11 is 0. The van der Waals surface area contributed by atoms with Crippen LogP contribution in [-0.4, -0.2) is 42.6 Å². The Hall–Kier alpha value is -0.610. The zero-order valence-electron chi connectivity index (χ0n) is 13.8. The molecule has 0 aromatic carbocycles. The van der Waals surface area contributed by atoms with Gasteiger partial charge in [0.1, 0.15) is 5.54 Å². The monoisotopic (exact) mass is 284 g/mol. The van der Waals surface area contributed by atoms with Crippen molar-refractivity contribution in [2.24, 2.45) is 17.6 Å². The number of hydrogen-bond acceptors (Lipinski definition) is 4. The molecule has 1 fully saturated rings. The lowest BCUT2D eigenvalue weighted by Gasteiger charge is -2.33. The number of ether oxygens (including phenoxy) is 1. The van der Waals surface area contributed by atoms with Crippen LogP contribution in [0.25, 0.3) is 0 Å². The molecule has 2 unspecified atom stereocenters. The molecule has 1 saturated carbocycles. The van der Waals surface area contributed by atoms with E-state index in [9.17, 15) is 4.79 Å². The largest absolute Gasteiger partial charge is 0.468 e. The van der Waals surface area contributed by atoms with Gasteiger partial charge in [0.05, 0.1) is 7.11 Å². The average molecular weight is 284 g/mol. The molecule has 1 rings (SSSR count). The molecule has 4 nitrogen and oxygen atoms in total. The number of hydrogen-bond donors (Lipinski definition) is 1. The second-order valence-corrected chi connectivity index (χ2v) is 6.89. The van der Waals surface area contributed by atoms with E-state index in [2.05, 4.69) is 32.6 Å². The minimum Gasteiger partial charge on any atom is -0.468 e. The highest BCUT2D eigenvalue weighted by atomic mass is 16.5. The SMILES string of the molecule is COC(=O)C1(N)CCCC1CCN(CC(C)C)C(C)C. The Kier molecular flexibility index (Phi) is 6.46. The Bertz CT molecular complexity index is 318. The molecular formula is C16H32N2O2. The van der Waals surface area contributed by atoms with Gasteiger partial charge in [0.2, 0.25) is 0 Å². The first kappa shape index (κ1) is 17.4. The topological polar surface area (TPSA) is 55.6 Å². The van der Waals surface area contributed by atoms with Gasteiger partial charge in [-0.15, -0.1) is 0 Å². The number of carbonyl (C=O) groups excluding carboxylic acids is 1. The lowest BCUT2D eigenvalue weighted by atomic mass is 9.85. The first-order chi connectivity index (χ1) is 9.31. The summed E-state index contributed by atoms with van der Waals surface area (Å²) in [7, 11) is 1.44. The Morgan fingerprint density at radius 1 is 1.40 bits per heavy atom. The van der Waals surface area contributed by atoms with E-state index in [1.165, 1.54) is 7.11 Å². The smallest absolute Gasteiger partial charge is 0.326 e. The highest BCUT2D eigenvalue weighted by Gasteiger charge is 2.46.